The topological polar surface area (TPSA) is 45.8 Å². The zero-order chi connectivity index (χ0) is 11.1. The Balaban J connectivity index is 2.29. The minimum atomic E-state index is -0.281. The van der Waals surface area contributed by atoms with Crippen molar-refractivity contribution in [3.8, 4) is 0 Å². The monoisotopic (exact) mass is 234 g/mol. The largest absolute Gasteiger partial charge is 0.345 e. The molecule has 2 aromatic rings. The number of H-pyrrole nitrogens is 1. The summed E-state index contributed by atoms with van der Waals surface area (Å²) in [5.74, 6) is 0.486. The summed E-state index contributed by atoms with van der Waals surface area (Å²) in [4.78, 5) is 18.3. The van der Waals surface area contributed by atoms with Gasteiger partial charge in [-0.05, 0) is 37.0 Å². The first-order valence-electron chi connectivity index (χ1n) is 5.43. The number of halogens is 1. The summed E-state index contributed by atoms with van der Waals surface area (Å²) in [5.41, 5.74) is 1.44. The van der Waals surface area contributed by atoms with Gasteiger partial charge in [-0.3, -0.25) is 0 Å². The van der Waals surface area contributed by atoms with E-state index in [4.69, 9.17) is 11.6 Å². The molecule has 4 heteroatoms. The van der Waals surface area contributed by atoms with Crippen molar-refractivity contribution in [1.29, 1.82) is 0 Å². The molecule has 0 spiro atoms. The van der Waals surface area contributed by atoms with Gasteiger partial charge in [0.05, 0.1) is 5.52 Å². The lowest BCUT2D eigenvalue weighted by molar-refractivity contribution is 0.413. The number of hydrogen-bond acceptors (Lipinski definition) is 2. The Kier molecular flexibility index (Phi) is 2.21. The fourth-order valence-corrected chi connectivity index (χ4v) is 2.33. The summed E-state index contributed by atoms with van der Waals surface area (Å²) in [6, 6.07) is 5.52. The molecular weight excluding hydrogens is 224 g/mol. The first-order valence-corrected chi connectivity index (χ1v) is 5.81. The number of nitrogens with one attached hydrogen (secondary N) is 1. The van der Waals surface area contributed by atoms with E-state index >= 15 is 0 Å². The number of nitrogens with zero attached hydrogens (tertiary/aromatic N) is 1. The maximum atomic E-state index is 11.5. The number of benzene rings is 1. The standard InChI is InChI=1S/C12H11ClN2O/c13-8-4-5-9-10(6-8)14-12(16)15-11(9)7-2-1-3-7/h4-7H,1-3H2,(H,14,15,16). The lowest BCUT2D eigenvalue weighted by Crippen LogP contribution is -2.19. The molecule has 1 aromatic heterocycles. The van der Waals surface area contributed by atoms with Crippen LogP contribution < -0.4 is 5.69 Å². The van der Waals surface area contributed by atoms with Gasteiger partial charge < -0.3 is 4.98 Å². The maximum Gasteiger partial charge on any atom is 0.345 e. The van der Waals surface area contributed by atoms with Crippen LogP contribution >= 0.6 is 11.6 Å². The third-order valence-electron chi connectivity index (χ3n) is 3.23. The highest BCUT2D eigenvalue weighted by Gasteiger charge is 2.22. The summed E-state index contributed by atoms with van der Waals surface area (Å²) in [6.07, 6.45) is 3.54. The van der Waals surface area contributed by atoms with Gasteiger partial charge in [0.1, 0.15) is 0 Å². The molecule has 0 atom stereocenters. The minimum Gasteiger partial charge on any atom is -0.309 e. The van der Waals surface area contributed by atoms with E-state index in [9.17, 15) is 4.79 Å². The zero-order valence-corrected chi connectivity index (χ0v) is 9.42. The SMILES string of the molecule is O=c1nc2cc(Cl)ccc2c(C2CCC2)[nH]1. The summed E-state index contributed by atoms with van der Waals surface area (Å²) in [6.45, 7) is 0. The number of hydrogen-bond donors (Lipinski definition) is 1. The van der Waals surface area contributed by atoms with Gasteiger partial charge in [-0.1, -0.05) is 18.0 Å². The van der Waals surface area contributed by atoms with Crippen LogP contribution in [-0.2, 0) is 0 Å². The molecule has 3 rings (SSSR count). The molecule has 0 radical (unpaired) electrons. The molecular formula is C12H11ClN2O. The highest BCUT2D eigenvalue weighted by atomic mass is 35.5. The molecule has 0 bridgehead atoms. The molecule has 1 N–H and O–H groups in total. The van der Waals surface area contributed by atoms with E-state index in [0.29, 0.717) is 16.5 Å². The van der Waals surface area contributed by atoms with Crippen molar-refractivity contribution in [3.05, 3.63) is 39.4 Å². The van der Waals surface area contributed by atoms with Gasteiger partial charge in [-0.25, -0.2) is 4.79 Å². The molecule has 16 heavy (non-hydrogen) atoms. The van der Waals surface area contributed by atoms with Crippen molar-refractivity contribution in [3.63, 3.8) is 0 Å². The number of aromatic nitrogens is 2. The van der Waals surface area contributed by atoms with E-state index in [1.165, 1.54) is 6.42 Å². The molecule has 0 unspecified atom stereocenters. The lowest BCUT2D eigenvalue weighted by Gasteiger charge is -2.26. The minimum absolute atomic E-state index is 0.281. The predicted octanol–water partition coefficient (Wildman–Crippen LogP) is 2.84. The second kappa shape index (κ2) is 3.59. The molecule has 82 valence electrons. The summed E-state index contributed by atoms with van der Waals surface area (Å²) < 4.78 is 0. The molecule has 1 aliphatic rings. The molecule has 0 saturated heterocycles. The van der Waals surface area contributed by atoms with Gasteiger partial charge in [-0.15, -0.1) is 0 Å². The molecule has 0 aliphatic heterocycles. The zero-order valence-electron chi connectivity index (χ0n) is 8.66. The Morgan fingerprint density at radius 3 is 2.88 bits per heavy atom. The van der Waals surface area contributed by atoms with Gasteiger partial charge in [0.15, 0.2) is 0 Å². The highest BCUT2D eigenvalue weighted by molar-refractivity contribution is 6.31. The van der Waals surface area contributed by atoms with E-state index in [0.717, 1.165) is 23.9 Å². The van der Waals surface area contributed by atoms with Gasteiger partial charge >= 0.3 is 5.69 Å². The van der Waals surface area contributed by atoms with Crippen molar-refractivity contribution in [2.75, 3.05) is 0 Å². The lowest BCUT2D eigenvalue weighted by atomic mass is 9.81. The first-order chi connectivity index (χ1) is 7.74. The first kappa shape index (κ1) is 9.85. The van der Waals surface area contributed by atoms with Crippen LogP contribution in [0.1, 0.15) is 30.9 Å². The summed E-state index contributed by atoms with van der Waals surface area (Å²) in [7, 11) is 0. The van der Waals surface area contributed by atoms with Gasteiger partial charge in [0.2, 0.25) is 0 Å². The molecule has 1 aliphatic carbocycles. The molecule has 1 fully saturated rings. The van der Waals surface area contributed by atoms with E-state index in [1.807, 2.05) is 12.1 Å². The fourth-order valence-electron chi connectivity index (χ4n) is 2.16. The highest BCUT2D eigenvalue weighted by Crippen LogP contribution is 2.37. The van der Waals surface area contributed by atoms with Crippen LogP contribution in [0.2, 0.25) is 5.02 Å². The van der Waals surface area contributed by atoms with E-state index in [-0.39, 0.29) is 5.69 Å². The van der Waals surface area contributed by atoms with Crippen molar-refractivity contribution in [1.82, 2.24) is 9.97 Å². The fraction of sp³-hybridized carbons (Fsp3) is 0.333. The van der Waals surface area contributed by atoms with Crippen LogP contribution in [0.25, 0.3) is 10.9 Å². The molecule has 3 nitrogen and oxygen atoms in total. The molecule has 1 heterocycles. The van der Waals surface area contributed by atoms with Crippen molar-refractivity contribution < 1.29 is 0 Å². The van der Waals surface area contributed by atoms with Crippen LogP contribution in [0.5, 0.6) is 0 Å². The number of aromatic amines is 1. The van der Waals surface area contributed by atoms with Gasteiger partial charge in [0, 0.05) is 16.1 Å². The maximum absolute atomic E-state index is 11.5. The van der Waals surface area contributed by atoms with Crippen molar-refractivity contribution >= 4 is 22.5 Å². The Hall–Kier alpha value is -1.35. The van der Waals surface area contributed by atoms with E-state index in [2.05, 4.69) is 9.97 Å². The van der Waals surface area contributed by atoms with Crippen LogP contribution in [0.4, 0.5) is 0 Å². The van der Waals surface area contributed by atoms with Crippen LogP contribution in [0.3, 0.4) is 0 Å². The van der Waals surface area contributed by atoms with Gasteiger partial charge in [-0.2, -0.15) is 4.98 Å². The number of fused-ring (bicyclic) bond motifs is 1. The molecule has 0 amide bonds. The van der Waals surface area contributed by atoms with Crippen molar-refractivity contribution in [2.45, 2.75) is 25.2 Å². The third kappa shape index (κ3) is 1.52. The van der Waals surface area contributed by atoms with E-state index in [1.54, 1.807) is 6.07 Å². The van der Waals surface area contributed by atoms with Crippen molar-refractivity contribution in [2.24, 2.45) is 0 Å². The second-order valence-corrected chi connectivity index (χ2v) is 4.68. The quantitative estimate of drug-likeness (QED) is 0.825. The average molecular weight is 235 g/mol. The second-order valence-electron chi connectivity index (χ2n) is 4.24. The molecule has 1 saturated carbocycles. The summed E-state index contributed by atoms with van der Waals surface area (Å²) >= 11 is 5.90. The Labute approximate surface area is 97.5 Å². The van der Waals surface area contributed by atoms with Crippen LogP contribution in [0, 0.1) is 0 Å². The molecule has 1 aromatic carbocycles. The number of rotatable bonds is 1. The Morgan fingerprint density at radius 2 is 2.19 bits per heavy atom. The smallest absolute Gasteiger partial charge is 0.309 e. The summed E-state index contributed by atoms with van der Waals surface area (Å²) in [5, 5.41) is 1.64. The normalized spacial score (nSPS) is 16.3. The average Bonchev–Trinajstić information content (AvgIpc) is 2.13. The van der Waals surface area contributed by atoms with E-state index < -0.39 is 0 Å². The Bertz CT molecular complexity index is 601. The van der Waals surface area contributed by atoms with Crippen LogP contribution in [-0.4, -0.2) is 9.97 Å². The van der Waals surface area contributed by atoms with Gasteiger partial charge in [0.25, 0.3) is 0 Å². The van der Waals surface area contributed by atoms with Crippen LogP contribution in [0.15, 0.2) is 23.0 Å². The Morgan fingerprint density at radius 1 is 1.38 bits per heavy atom. The third-order valence-corrected chi connectivity index (χ3v) is 3.46. The predicted molar refractivity (Wildman–Crippen MR) is 64.0 cm³/mol.